The van der Waals surface area contributed by atoms with Crippen molar-refractivity contribution in [3.05, 3.63) is 29.3 Å². The molecule has 22 heavy (non-hydrogen) atoms. The normalized spacial score (nSPS) is 15.9. The molecule has 1 aromatic carbocycles. The van der Waals surface area contributed by atoms with E-state index in [4.69, 9.17) is 0 Å². The standard InChI is InChI=1S/C16H24N2O3S/c1-3-10-17-16(19)12(2)18-22(20,21)15-9-8-13-6-4-5-7-14(13)11-15/h8-9,11-12,18H,3-7,10H2,1-2H3,(H,17,19)/t12-/m1/s1. The summed E-state index contributed by atoms with van der Waals surface area (Å²) in [5.74, 6) is -0.302. The van der Waals surface area contributed by atoms with Crippen LogP contribution in [0, 0.1) is 0 Å². The fourth-order valence-corrected chi connectivity index (χ4v) is 3.89. The highest BCUT2D eigenvalue weighted by Crippen LogP contribution is 2.24. The zero-order chi connectivity index (χ0) is 16.2. The molecule has 0 bridgehead atoms. The van der Waals surface area contributed by atoms with E-state index in [2.05, 4.69) is 10.0 Å². The molecule has 5 nitrogen and oxygen atoms in total. The van der Waals surface area contributed by atoms with Crippen molar-refractivity contribution in [2.75, 3.05) is 6.54 Å². The summed E-state index contributed by atoms with van der Waals surface area (Å²) in [6.07, 6.45) is 5.01. The van der Waals surface area contributed by atoms with E-state index >= 15 is 0 Å². The first-order chi connectivity index (χ1) is 10.4. The van der Waals surface area contributed by atoms with Gasteiger partial charge in [-0.15, -0.1) is 0 Å². The lowest BCUT2D eigenvalue weighted by atomic mass is 9.92. The van der Waals surface area contributed by atoms with Gasteiger partial charge < -0.3 is 5.32 Å². The van der Waals surface area contributed by atoms with Crippen LogP contribution in [0.2, 0.25) is 0 Å². The molecule has 2 rings (SSSR count). The molecule has 1 amide bonds. The van der Waals surface area contributed by atoms with Gasteiger partial charge >= 0.3 is 0 Å². The smallest absolute Gasteiger partial charge is 0.241 e. The van der Waals surface area contributed by atoms with Crippen LogP contribution in [0.25, 0.3) is 0 Å². The maximum Gasteiger partial charge on any atom is 0.241 e. The number of fused-ring (bicyclic) bond motifs is 1. The fraction of sp³-hybridized carbons (Fsp3) is 0.562. The van der Waals surface area contributed by atoms with Gasteiger partial charge in [0.15, 0.2) is 0 Å². The summed E-state index contributed by atoms with van der Waals surface area (Å²) in [5, 5.41) is 2.69. The van der Waals surface area contributed by atoms with Gasteiger partial charge in [0, 0.05) is 6.54 Å². The zero-order valence-electron chi connectivity index (χ0n) is 13.2. The minimum absolute atomic E-state index is 0.239. The zero-order valence-corrected chi connectivity index (χ0v) is 14.0. The Morgan fingerprint density at radius 1 is 1.23 bits per heavy atom. The SMILES string of the molecule is CCCNC(=O)[C@@H](C)NS(=O)(=O)c1ccc2c(c1)CCCC2. The Morgan fingerprint density at radius 2 is 1.91 bits per heavy atom. The monoisotopic (exact) mass is 324 g/mol. The molecule has 0 aromatic heterocycles. The minimum Gasteiger partial charge on any atom is -0.355 e. The molecule has 0 spiro atoms. The van der Waals surface area contributed by atoms with E-state index in [0.29, 0.717) is 6.54 Å². The number of benzene rings is 1. The van der Waals surface area contributed by atoms with Crippen LogP contribution in [0.1, 0.15) is 44.2 Å². The van der Waals surface area contributed by atoms with Crippen molar-refractivity contribution in [1.82, 2.24) is 10.0 Å². The Balaban J connectivity index is 2.11. The van der Waals surface area contributed by atoms with E-state index in [1.165, 1.54) is 5.56 Å². The van der Waals surface area contributed by atoms with Crippen molar-refractivity contribution in [3.8, 4) is 0 Å². The predicted octanol–water partition coefficient (Wildman–Crippen LogP) is 1.76. The van der Waals surface area contributed by atoms with Crippen molar-refractivity contribution < 1.29 is 13.2 Å². The summed E-state index contributed by atoms with van der Waals surface area (Å²) >= 11 is 0. The lowest BCUT2D eigenvalue weighted by Crippen LogP contribution is -2.44. The van der Waals surface area contributed by atoms with Gasteiger partial charge in [-0.05, 0) is 62.3 Å². The van der Waals surface area contributed by atoms with E-state index in [1.54, 1.807) is 19.1 Å². The third-order valence-corrected chi connectivity index (χ3v) is 5.44. The second-order valence-corrected chi connectivity index (χ2v) is 7.49. The average molecular weight is 324 g/mol. The van der Waals surface area contributed by atoms with Crippen molar-refractivity contribution in [1.29, 1.82) is 0 Å². The van der Waals surface area contributed by atoms with E-state index < -0.39 is 16.1 Å². The predicted molar refractivity (Wildman–Crippen MR) is 86.2 cm³/mol. The molecule has 1 atom stereocenters. The van der Waals surface area contributed by atoms with Crippen LogP contribution in [0.5, 0.6) is 0 Å². The van der Waals surface area contributed by atoms with Crippen molar-refractivity contribution in [2.24, 2.45) is 0 Å². The Labute approximate surface area is 132 Å². The molecule has 0 saturated heterocycles. The first-order valence-electron chi connectivity index (χ1n) is 7.86. The van der Waals surface area contributed by atoms with Gasteiger partial charge in [-0.1, -0.05) is 13.0 Å². The van der Waals surface area contributed by atoms with Gasteiger partial charge in [0.2, 0.25) is 15.9 Å². The summed E-state index contributed by atoms with van der Waals surface area (Å²) in [4.78, 5) is 12.0. The third kappa shape index (κ3) is 4.08. The number of rotatable bonds is 6. The third-order valence-electron chi connectivity index (χ3n) is 3.90. The molecule has 0 fully saturated rings. The van der Waals surface area contributed by atoms with Crippen LogP contribution < -0.4 is 10.0 Å². The molecule has 122 valence electrons. The van der Waals surface area contributed by atoms with Crippen LogP contribution in [0.3, 0.4) is 0 Å². The number of carbonyl (C=O) groups is 1. The Morgan fingerprint density at radius 3 is 2.59 bits per heavy atom. The van der Waals surface area contributed by atoms with Crippen molar-refractivity contribution >= 4 is 15.9 Å². The molecular formula is C16H24N2O3S. The van der Waals surface area contributed by atoms with Gasteiger partial charge in [0.25, 0.3) is 0 Å². The van der Waals surface area contributed by atoms with E-state index in [1.807, 2.05) is 13.0 Å². The van der Waals surface area contributed by atoms with Crippen LogP contribution in [0.15, 0.2) is 23.1 Å². The average Bonchev–Trinajstić information content (AvgIpc) is 2.51. The van der Waals surface area contributed by atoms with Crippen molar-refractivity contribution in [3.63, 3.8) is 0 Å². The first kappa shape index (κ1) is 17.0. The molecule has 0 saturated carbocycles. The summed E-state index contributed by atoms with van der Waals surface area (Å²) in [7, 11) is -3.67. The van der Waals surface area contributed by atoms with E-state index in [9.17, 15) is 13.2 Å². The largest absolute Gasteiger partial charge is 0.355 e. The van der Waals surface area contributed by atoms with Gasteiger partial charge in [0.1, 0.15) is 0 Å². The highest BCUT2D eigenvalue weighted by molar-refractivity contribution is 7.89. The van der Waals surface area contributed by atoms with Gasteiger partial charge in [-0.2, -0.15) is 4.72 Å². The molecule has 0 aliphatic heterocycles. The molecule has 0 radical (unpaired) electrons. The second-order valence-electron chi connectivity index (χ2n) is 5.77. The van der Waals surface area contributed by atoms with Crippen LogP contribution in [-0.2, 0) is 27.7 Å². The van der Waals surface area contributed by atoms with Crippen LogP contribution in [-0.4, -0.2) is 26.9 Å². The maximum absolute atomic E-state index is 12.4. The number of sulfonamides is 1. The molecule has 1 aliphatic rings. The summed E-state index contributed by atoms with van der Waals surface area (Å²) in [5.41, 5.74) is 2.34. The highest BCUT2D eigenvalue weighted by atomic mass is 32.2. The van der Waals surface area contributed by atoms with Gasteiger partial charge in [0.05, 0.1) is 10.9 Å². The lowest BCUT2D eigenvalue weighted by molar-refractivity contribution is -0.122. The number of aryl methyl sites for hydroxylation is 2. The molecular weight excluding hydrogens is 300 g/mol. The minimum atomic E-state index is -3.67. The van der Waals surface area contributed by atoms with Gasteiger partial charge in [-0.25, -0.2) is 8.42 Å². The number of hydrogen-bond acceptors (Lipinski definition) is 3. The molecule has 1 aliphatic carbocycles. The number of hydrogen-bond donors (Lipinski definition) is 2. The Kier molecular flexibility index (Phi) is 5.58. The lowest BCUT2D eigenvalue weighted by Gasteiger charge is -2.18. The summed E-state index contributed by atoms with van der Waals surface area (Å²) in [6, 6.07) is 4.48. The van der Waals surface area contributed by atoms with E-state index in [-0.39, 0.29) is 10.8 Å². The van der Waals surface area contributed by atoms with Crippen LogP contribution in [0.4, 0.5) is 0 Å². The molecule has 2 N–H and O–H groups in total. The Hall–Kier alpha value is -1.40. The summed E-state index contributed by atoms with van der Waals surface area (Å²) < 4.78 is 27.3. The first-order valence-corrected chi connectivity index (χ1v) is 9.34. The van der Waals surface area contributed by atoms with Crippen LogP contribution >= 0.6 is 0 Å². The fourth-order valence-electron chi connectivity index (χ4n) is 2.63. The quantitative estimate of drug-likeness (QED) is 0.837. The van der Waals surface area contributed by atoms with Gasteiger partial charge in [-0.3, -0.25) is 4.79 Å². The summed E-state index contributed by atoms with van der Waals surface area (Å²) in [6.45, 7) is 4.05. The number of carbonyl (C=O) groups excluding carboxylic acids is 1. The molecule has 0 heterocycles. The topological polar surface area (TPSA) is 75.3 Å². The molecule has 0 unspecified atom stereocenters. The maximum atomic E-state index is 12.4. The molecule has 6 heteroatoms. The van der Waals surface area contributed by atoms with Crippen molar-refractivity contribution in [2.45, 2.75) is 56.9 Å². The van der Waals surface area contributed by atoms with E-state index in [0.717, 1.165) is 37.7 Å². The Bertz CT molecular complexity index is 641. The highest BCUT2D eigenvalue weighted by Gasteiger charge is 2.23. The molecule has 1 aromatic rings. The second kappa shape index (κ2) is 7.24. The number of amides is 1. The number of nitrogens with one attached hydrogen (secondary N) is 2.